The van der Waals surface area contributed by atoms with Crippen LogP contribution in [0, 0.1) is 0 Å². The van der Waals surface area contributed by atoms with Crippen molar-refractivity contribution in [1.82, 2.24) is 0 Å². The summed E-state index contributed by atoms with van der Waals surface area (Å²) < 4.78 is 12.8. The first kappa shape index (κ1) is 15.9. The topological polar surface area (TPSA) is 18.5 Å². The summed E-state index contributed by atoms with van der Waals surface area (Å²) >= 11 is 0. The summed E-state index contributed by atoms with van der Waals surface area (Å²) in [7, 11) is 0.761. The minimum atomic E-state index is -0.241. The van der Waals surface area contributed by atoms with E-state index >= 15 is 0 Å². The molecule has 3 unspecified atom stereocenters. The third kappa shape index (κ3) is 2.45. The SMILES string of the molecule is C[Si]CCC1(C)OB(c2ccc3c(c2)C2CCC3C2)OC1(C)C. The second-order valence-corrected chi connectivity index (χ2v) is 9.46. The van der Waals surface area contributed by atoms with Crippen LogP contribution in [0.1, 0.15) is 69.4 Å². The van der Waals surface area contributed by atoms with Gasteiger partial charge in [-0.15, -0.1) is 0 Å². The molecule has 2 fully saturated rings. The van der Waals surface area contributed by atoms with Gasteiger partial charge in [0.15, 0.2) is 0 Å². The number of hydrogen-bond acceptors (Lipinski definition) is 2. The normalized spacial score (nSPS) is 34.2. The van der Waals surface area contributed by atoms with E-state index in [-0.39, 0.29) is 18.3 Å². The van der Waals surface area contributed by atoms with Gasteiger partial charge in [-0.25, -0.2) is 0 Å². The van der Waals surface area contributed by atoms with Gasteiger partial charge in [-0.1, -0.05) is 30.8 Å². The lowest BCUT2D eigenvalue weighted by atomic mass is 9.76. The van der Waals surface area contributed by atoms with Gasteiger partial charge in [0.05, 0.1) is 11.2 Å². The Labute approximate surface area is 143 Å². The summed E-state index contributed by atoms with van der Waals surface area (Å²) in [5, 5.41) is 0. The third-order valence-corrected chi connectivity index (χ3v) is 7.34. The lowest BCUT2D eigenvalue weighted by molar-refractivity contribution is -0.0118. The predicted molar refractivity (Wildman–Crippen MR) is 96.9 cm³/mol. The molecule has 4 heteroatoms. The molecule has 0 amide bonds. The van der Waals surface area contributed by atoms with Gasteiger partial charge < -0.3 is 9.31 Å². The van der Waals surface area contributed by atoms with Crippen LogP contribution in [0.4, 0.5) is 0 Å². The molecule has 1 aromatic rings. The Balaban J connectivity index is 1.59. The Morgan fingerprint density at radius 2 is 1.87 bits per heavy atom. The van der Waals surface area contributed by atoms with Crippen LogP contribution in [0.2, 0.25) is 12.6 Å². The minimum absolute atomic E-state index is 0.196. The fraction of sp³-hybridized carbons (Fsp3) is 0.684. The number of rotatable bonds is 4. The molecule has 1 aliphatic heterocycles. The molecule has 1 saturated carbocycles. The van der Waals surface area contributed by atoms with Crippen LogP contribution in [0.5, 0.6) is 0 Å². The molecule has 1 saturated heterocycles. The van der Waals surface area contributed by atoms with E-state index in [2.05, 4.69) is 45.5 Å². The van der Waals surface area contributed by atoms with Crippen molar-refractivity contribution >= 4 is 22.1 Å². The third-order valence-electron chi connectivity index (χ3n) is 6.59. The highest BCUT2D eigenvalue weighted by Crippen LogP contribution is 2.52. The molecule has 2 radical (unpaired) electrons. The second-order valence-electron chi connectivity index (χ2n) is 8.26. The van der Waals surface area contributed by atoms with E-state index in [4.69, 9.17) is 9.31 Å². The van der Waals surface area contributed by atoms with Crippen molar-refractivity contribution in [3.63, 3.8) is 0 Å². The monoisotopic (exact) mass is 326 g/mol. The molecule has 3 atom stereocenters. The second kappa shape index (κ2) is 5.47. The van der Waals surface area contributed by atoms with E-state index < -0.39 is 0 Å². The van der Waals surface area contributed by atoms with Crippen molar-refractivity contribution in [2.24, 2.45) is 0 Å². The lowest BCUT2D eigenvalue weighted by Crippen LogP contribution is -2.44. The van der Waals surface area contributed by atoms with Gasteiger partial charge in [0, 0.05) is 9.52 Å². The minimum Gasteiger partial charge on any atom is -0.399 e. The highest BCUT2D eigenvalue weighted by atomic mass is 28.2. The Morgan fingerprint density at radius 1 is 1.13 bits per heavy atom. The molecule has 4 rings (SSSR count). The zero-order valence-corrected chi connectivity index (χ0v) is 15.8. The van der Waals surface area contributed by atoms with Gasteiger partial charge in [0.1, 0.15) is 0 Å². The van der Waals surface area contributed by atoms with Crippen molar-refractivity contribution in [3.8, 4) is 0 Å². The van der Waals surface area contributed by atoms with E-state index in [0.29, 0.717) is 0 Å². The summed E-state index contributed by atoms with van der Waals surface area (Å²) in [6, 6.07) is 8.18. The molecular weight excluding hydrogens is 299 g/mol. The average Bonchev–Trinajstić information content (AvgIpc) is 3.19. The van der Waals surface area contributed by atoms with Crippen molar-refractivity contribution in [2.45, 2.75) is 82.1 Å². The van der Waals surface area contributed by atoms with Crippen molar-refractivity contribution in [2.75, 3.05) is 0 Å². The quantitative estimate of drug-likeness (QED) is 0.782. The fourth-order valence-electron chi connectivity index (χ4n) is 4.67. The summed E-state index contributed by atoms with van der Waals surface area (Å²) in [5.41, 5.74) is 3.95. The first-order chi connectivity index (χ1) is 10.9. The van der Waals surface area contributed by atoms with Crippen LogP contribution < -0.4 is 5.46 Å². The zero-order valence-electron chi connectivity index (χ0n) is 14.8. The molecule has 0 N–H and O–H groups in total. The maximum atomic E-state index is 6.47. The van der Waals surface area contributed by atoms with Gasteiger partial charge in [-0.2, -0.15) is 0 Å². The molecule has 2 aliphatic carbocycles. The van der Waals surface area contributed by atoms with Crippen LogP contribution >= 0.6 is 0 Å². The van der Waals surface area contributed by atoms with E-state index in [1.165, 1.54) is 30.8 Å². The van der Waals surface area contributed by atoms with E-state index in [9.17, 15) is 0 Å². The van der Waals surface area contributed by atoms with Gasteiger partial charge >= 0.3 is 7.12 Å². The van der Waals surface area contributed by atoms with Crippen molar-refractivity contribution in [1.29, 1.82) is 0 Å². The zero-order chi connectivity index (χ0) is 16.2. The molecule has 2 nitrogen and oxygen atoms in total. The Bertz CT molecular complexity index is 617. The van der Waals surface area contributed by atoms with Gasteiger partial charge in [0.2, 0.25) is 0 Å². The van der Waals surface area contributed by atoms with Gasteiger partial charge in [0.25, 0.3) is 0 Å². The molecule has 23 heavy (non-hydrogen) atoms. The standard InChI is InChI=1S/C19H27BO2Si/c1-18(2)19(3,9-10-23-4)22-20(21-18)15-7-8-16-13-5-6-14(11-13)17(16)12-15/h7-8,12-14H,5-6,9-11H2,1-4H3. The Kier molecular flexibility index (Phi) is 3.78. The molecule has 0 aromatic heterocycles. The Hall–Kier alpha value is -0.578. The summed E-state index contributed by atoms with van der Waals surface area (Å²) in [6.07, 6.45) is 5.19. The number of fused-ring (bicyclic) bond motifs is 5. The van der Waals surface area contributed by atoms with Gasteiger partial charge in [-0.3, -0.25) is 0 Å². The predicted octanol–water partition coefficient (Wildman–Crippen LogP) is 3.89. The lowest BCUT2D eigenvalue weighted by Gasteiger charge is -2.36. The first-order valence-corrected chi connectivity index (χ1v) is 10.8. The highest BCUT2D eigenvalue weighted by molar-refractivity contribution is 6.62. The fourth-order valence-corrected chi connectivity index (χ4v) is 5.39. The molecule has 0 spiro atoms. The average molecular weight is 326 g/mol. The first-order valence-electron chi connectivity index (χ1n) is 9.07. The van der Waals surface area contributed by atoms with Crippen LogP contribution in [-0.2, 0) is 9.31 Å². The van der Waals surface area contributed by atoms with Crippen LogP contribution in [-0.4, -0.2) is 27.8 Å². The van der Waals surface area contributed by atoms with E-state index in [1.54, 1.807) is 11.1 Å². The van der Waals surface area contributed by atoms with E-state index in [0.717, 1.165) is 27.8 Å². The smallest absolute Gasteiger partial charge is 0.399 e. The van der Waals surface area contributed by atoms with Crippen LogP contribution in [0.3, 0.4) is 0 Å². The van der Waals surface area contributed by atoms with Crippen LogP contribution in [0.15, 0.2) is 18.2 Å². The largest absolute Gasteiger partial charge is 0.494 e. The summed E-state index contributed by atoms with van der Waals surface area (Å²) in [6.45, 7) is 8.85. The van der Waals surface area contributed by atoms with Crippen molar-refractivity contribution < 1.29 is 9.31 Å². The van der Waals surface area contributed by atoms with E-state index in [1.807, 2.05) is 0 Å². The van der Waals surface area contributed by atoms with Crippen LogP contribution in [0.25, 0.3) is 0 Å². The number of benzene rings is 1. The maximum absolute atomic E-state index is 6.47. The summed E-state index contributed by atoms with van der Waals surface area (Å²) in [4.78, 5) is 0. The maximum Gasteiger partial charge on any atom is 0.494 e. The Morgan fingerprint density at radius 3 is 2.61 bits per heavy atom. The molecule has 122 valence electrons. The highest BCUT2D eigenvalue weighted by Gasteiger charge is 2.54. The van der Waals surface area contributed by atoms with Gasteiger partial charge in [-0.05, 0) is 74.9 Å². The molecule has 1 heterocycles. The molecule has 1 aromatic carbocycles. The summed E-state index contributed by atoms with van der Waals surface area (Å²) in [5.74, 6) is 1.61. The van der Waals surface area contributed by atoms with Crippen molar-refractivity contribution in [3.05, 3.63) is 29.3 Å². The molecule has 3 aliphatic rings. The molecular formula is C19H27BO2Si. The molecule has 2 bridgehead atoms. The number of hydrogen-bond donors (Lipinski definition) is 0.